The largest absolute Gasteiger partial charge is 0.493 e. The van der Waals surface area contributed by atoms with Crippen LogP contribution < -0.4 is 10.5 Å². The molecule has 5 nitrogen and oxygen atoms in total. The minimum atomic E-state index is -3.49. The topological polar surface area (TPSA) is 81.8 Å². The van der Waals surface area contributed by atoms with Crippen LogP contribution in [0.15, 0.2) is 22.6 Å². The zero-order valence-electron chi connectivity index (χ0n) is 11.9. The number of hydrogen-bond donors (Lipinski definition) is 1. The van der Waals surface area contributed by atoms with Crippen LogP contribution in [0.5, 0.6) is 5.75 Å². The Kier molecular flexibility index (Phi) is 3.89. The lowest BCUT2D eigenvalue weighted by Gasteiger charge is -2.23. The van der Waals surface area contributed by atoms with Gasteiger partial charge in [0, 0.05) is 0 Å². The molecule has 1 aliphatic carbocycles. The summed E-state index contributed by atoms with van der Waals surface area (Å²) in [5, 5.41) is 0. The molecule has 1 aromatic rings. The smallest absolute Gasteiger partial charge is 0.259 e. The molecule has 1 saturated carbocycles. The molecular weight excluding hydrogens is 288 g/mol. The summed E-state index contributed by atoms with van der Waals surface area (Å²) >= 11 is 0. The van der Waals surface area contributed by atoms with Crippen molar-refractivity contribution in [2.45, 2.75) is 37.9 Å². The monoisotopic (exact) mass is 308 g/mol. The molecular formula is C15H20N2O3S. The normalized spacial score (nSPS) is 21.4. The standard InChI is InChI=1S/C15H20N2O3S/c16-15-14-12(10-21(18,19)17-15)7-4-8-13(14)20-9-11-5-2-1-3-6-11/h4,7-8,11H,1-3,5-6,9-10H2,(H2,16,17). The van der Waals surface area contributed by atoms with Crippen LogP contribution in [-0.4, -0.2) is 20.9 Å². The Morgan fingerprint density at radius 1 is 1.24 bits per heavy atom. The van der Waals surface area contributed by atoms with Gasteiger partial charge in [-0.05, 0) is 30.4 Å². The molecule has 0 radical (unpaired) electrons. The predicted octanol–water partition coefficient (Wildman–Crippen LogP) is 2.19. The molecule has 1 aromatic carbocycles. The summed E-state index contributed by atoms with van der Waals surface area (Å²) in [6, 6.07) is 5.41. The maximum atomic E-state index is 11.6. The number of hydrogen-bond acceptors (Lipinski definition) is 4. The van der Waals surface area contributed by atoms with E-state index in [0.717, 1.165) is 0 Å². The van der Waals surface area contributed by atoms with Gasteiger partial charge in [0.15, 0.2) is 0 Å². The van der Waals surface area contributed by atoms with Crippen LogP contribution in [0.2, 0.25) is 0 Å². The molecule has 2 aliphatic rings. The number of sulfonamides is 1. The maximum absolute atomic E-state index is 11.6. The predicted molar refractivity (Wildman–Crippen MR) is 81.9 cm³/mol. The number of nitrogens with two attached hydrogens (primary N) is 1. The number of rotatable bonds is 3. The second-order valence-corrected chi connectivity index (χ2v) is 7.44. The maximum Gasteiger partial charge on any atom is 0.259 e. The Hall–Kier alpha value is -1.56. The molecule has 1 heterocycles. The molecule has 0 amide bonds. The first kappa shape index (κ1) is 14.4. The van der Waals surface area contributed by atoms with Crippen molar-refractivity contribution in [1.82, 2.24) is 0 Å². The van der Waals surface area contributed by atoms with Gasteiger partial charge in [-0.3, -0.25) is 0 Å². The highest BCUT2D eigenvalue weighted by Gasteiger charge is 2.25. The van der Waals surface area contributed by atoms with Crippen LogP contribution in [0, 0.1) is 5.92 Å². The first-order chi connectivity index (χ1) is 10.1. The fourth-order valence-corrected chi connectivity index (χ4v) is 4.18. The summed E-state index contributed by atoms with van der Waals surface area (Å²) in [5.74, 6) is 1.16. The van der Waals surface area contributed by atoms with Gasteiger partial charge in [0.1, 0.15) is 11.6 Å². The van der Waals surface area contributed by atoms with Gasteiger partial charge < -0.3 is 10.5 Å². The van der Waals surface area contributed by atoms with E-state index < -0.39 is 10.0 Å². The number of fused-ring (bicyclic) bond motifs is 1. The summed E-state index contributed by atoms with van der Waals surface area (Å²) in [4.78, 5) is 0. The molecule has 1 aliphatic heterocycles. The third-order valence-corrected chi connectivity index (χ3v) is 5.29. The van der Waals surface area contributed by atoms with E-state index in [9.17, 15) is 8.42 Å². The van der Waals surface area contributed by atoms with E-state index >= 15 is 0 Å². The van der Waals surface area contributed by atoms with E-state index in [4.69, 9.17) is 10.5 Å². The van der Waals surface area contributed by atoms with Gasteiger partial charge in [0.05, 0.1) is 17.9 Å². The lowest BCUT2D eigenvalue weighted by atomic mass is 9.90. The highest BCUT2D eigenvalue weighted by molar-refractivity contribution is 7.89. The molecule has 0 bridgehead atoms. The lowest BCUT2D eigenvalue weighted by Crippen LogP contribution is -2.25. The van der Waals surface area contributed by atoms with Crippen molar-refractivity contribution >= 4 is 15.9 Å². The van der Waals surface area contributed by atoms with E-state index in [0.29, 0.717) is 29.4 Å². The Labute approximate surface area is 125 Å². The molecule has 114 valence electrons. The van der Waals surface area contributed by atoms with E-state index in [1.54, 1.807) is 6.07 Å². The first-order valence-electron chi connectivity index (χ1n) is 7.38. The van der Waals surface area contributed by atoms with Gasteiger partial charge in [-0.15, -0.1) is 4.40 Å². The second kappa shape index (κ2) is 5.67. The van der Waals surface area contributed by atoms with Crippen molar-refractivity contribution in [2.75, 3.05) is 6.61 Å². The number of nitrogens with zero attached hydrogens (tertiary/aromatic N) is 1. The SMILES string of the molecule is NC1=NS(=O)(=O)Cc2cccc(OCC3CCCCC3)c21. The average Bonchev–Trinajstić information content (AvgIpc) is 2.44. The van der Waals surface area contributed by atoms with Crippen LogP contribution in [0.3, 0.4) is 0 Å². The fourth-order valence-electron chi connectivity index (χ4n) is 3.09. The van der Waals surface area contributed by atoms with Gasteiger partial charge in [-0.25, -0.2) is 8.42 Å². The minimum absolute atomic E-state index is 0.0375. The van der Waals surface area contributed by atoms with Crippen molar-refractivity contribution in [2.24, 2.45) is 16.0 Å². The van der Waals surface area contributed by atoms with Crippen molar-refractivity contribution in [3.8, 4) is 5.75 Å². The molecule has 6 heteroatoms. The second-order valence-electron chi connectivity index (χ2n) is 5.81. The van der Waals surface area contributed by atoms with Crippen molar-refractivity contribution in [1.29, 1.82) is 0 Å². The summed E-state index contributed by atoms with van der Waals surface area (Å²) in [7, 11) is -3.49. The van der Waals surface area contributed by atoms with Crippen LogP contribution in [0.4, 0.5) is 0 Å². The zero-order chi connectivity index (χ0) is 14.9. The zero-order valence-corrected chi connectivity index (χ0v) is 12.7. The van der Waals surface area contributed by atoms with E-state index in [2.05, 4.69) is 4.40 Å². The molecule has 0 atom stereocenters. The molecule has 0 saturated heterocycles. The van der Waals surface area contributed by atoms with Gasteiger partial charge in [-0.2, -0.15) is 0 Å². The Morgan fingerprint density at radius 3 is 2.76 bits per heavy atom. The minimum Gasteiger partial charge on any atom is -0.493 e. The Balaban J connectivity index is 1.81. The van der Waals surface area contributed by atoms with E-state index in [1.165, 1.54) is 32.1 Å². The van der Waals surface area contributed by atoms with Crippen molar-refractivity contribution in [3.63, 3.8) is 0 Å². The summed E-state index contributed by atoms with van der Waals surface area (Å²) < 4.78 is 32.8. The summed E-state index contributed by atoms with van der Waals surface area (Å²) in [6.07, 6.45) is 6.25. The van der Waals surface area contributed by atoms with Gasteiger partial charge in [0.2, 0.25) is 0 Å². The van der Waals surface area contributed by atoms with Crippen LogP contribution in [-0.2, 0) is 15.8 Å². The van der Waals surface area contributed by atoms with Crippen LogP contribution in [0.25, 0.3) is 0 Å². The molecule has 3 rings (SSSR count). The van der Waals surface area contributed by atoms with E-state index in [-0.39, 0.29) is 11.6 Å². The van der Waals surface area contributed by atoms with Gasteiger partial charge in [0.25, 0.3) is 10.0 Å². The first-order valence-corrected chi connectivity index (χ1v) is 8.99. The van der Waals surface area contributed by atoms with Crippen molar-refractivity contribution < 1.29 is 13.2 Å². The van der Waals surface area contributed by atoms with E-state index in [1.807, 2.05) is 12.1 Å². The number of benzene rings is 1. The number of amidine groups is 1. The Bertz CT molecular complexity index is 661. The quantitative estimate of drug-likeness (QED) is 0.928. The summed E-state index contributed by atoms with van der Waals surface area (Å²) in [5.41, 5.74) is 7.13. The highest BCUT2D eigenvalue weighted by atomic mass is 32.2. The summed E-state index contributed by atoms with van der Waals surface area (Å²) in [6.45, 7) is 0.663. The van der Waals surface area contributed by atoms with Gasteiger partial charge in [-0.1, -0.05) is 31.4 Å². The third kappa shape index (κ3) is 3.20. The van der Waals surface area contributed by atoms with Crippen molar-refractivity contribution in [3.05, 3.63) is 29.3 Å². The molecule has 1 fully saturated rings. The molecule has 21 heavy (non-hydrogen) atoms. The van der Waals surface area contributed by atoms with Crippen LogP contribution >= 0.6 is 0 Å². The molecule has 0 aromatic heterocycles. The molecule has 0 unspecified atom stereocenters. The highest BCUT2D eigenvalue weighted by Crippen LogP contribution is 2.30. The Morgan fingerprint density at radius 2 is 2.00 bits per heavy atom. The lowest BCUT2D eigenvalue weighted by molar-refractivity contribution is 0.208. The fraction of sp³-hybridized carbons (Fsp3) is 0.533. The van der Waals surface area contributed by atoms with Gasteiger partial charge >= 0.3 is 0 Å². The molecule has 0 spiro atoms. The van der Waals surface area contributed by atoms with Crippen LogP contribution in [0.1, 0.15) is 43.2 Å². The average molecular weight is 308 g/mol. The number of ether oxygens (including phenoxy) is 1. The third-order valence-electron chi connectivity index (χ3n) is 4.14. The molecule has 2 N–H and O–H groups in total.